The average Bonchev–Trinajstić information content (AvgIpc) is 2.44. The Morgan fingerprint density at radius 3 is 2.69 bits per heavy atom. The average molecular weight is 180 g/mol. The topological polar surface area (TPSA) is 38.0 Å². The van der Waals surface area contributed by atoms with Crippen LogP contribution in [0.25, 0.3) is 0 Å². The second-order valence-electron chi connectivity index (χ2n) is 4.84. The molecule has 0 aromatic rings. The van der Waals surface area contributed by atoms with Gasteiger partial charge >= 0.3 is 0 Å². The normalized spacial score (nSPS) is 36.2. The van der Waals surface area contributed by atoms with Gasteiger partial charge in [-0.2, -0.15) is 0 Å². The van der Waals surface area contributed by atoms with Gasteiger partial charge in [-0.1, -0.05) is 12.2 Å². The standard InChI is InChI=1S/C11H20N2/c1-11(5-2-6-11)13-8-9-3-4-10(12)7-9/h3-4,9-10,13H,2,5-8,12H2,1H3. The van der Waals surface area contributed by atoms with Crippen LogP contribution in [0.4, 0.5) is 0 Å². The lowest BCUT2D eigenvalue weighted by atomic mass is 9.78. The van der Waals surface area contributed by atoms with E-state index in [-0.39, 0.29) is 0 Å². The van der Waals surface area contributed by atoms with Gasteiger partial charge in [0.05, 0.1) is 0 Å². The van der Waals surface area contributed by atoms with Crippen molar-refractivity contribution in [2.75, 3.05) is 6.54 Å². The molecule has 0 spiro atoms. The molecule has 0 aliphatic heterocycles. The van der Waals surface area contributed by atoms with Crippen LogP contribution in [0.1, 0.15) is 32.6 Å². The molecule has 0 bridgehead atoms. The Labute approximate surface area is 80.6 Å². The molecule has 1 fully saturated rings. The molecule has 0 radical (unpaired) electrons. The van der Waals surface area contributed by atoms with Crippen molar-refractivity contribution in [3.05, 3.63) is 12.2 Å². The summed E-state index contributed by atoms with van der Waals surface area (Å²) < 4.78 is 0. The van der Waals surface area contributed by atoms with Crippen LogP contribution in [0.3, 0.4) is 0 Å². The Morgan fingerprint density at radius 1 is 1.46 bits per heavy atom. The van der Waals surface area contributed by atoms with Gasteiger partial charge in [-0.3, -0.25) is 0 Å². The van der Waals surface area contributed by atoms with Crippen molar-refractivity contribution in [2.45, 2.75) is 44.2 Å². The Morgan fingerprint density at radius 2 is 2.23 bits per heavy atom. The van der Waals surface area contributed by atoms with E-state index in [1.165, 1.54) is 19.3 Å². The first-order chi connectivity index (χ1) is 6.18. The molecule has 0 heterocycles. The highest BCUT2D eigenvalue weighted by molar-refractivity contribution is 5.06. The maximum atomic E-state index is 5.80. The van der Waals surface area contributed by atoms with Crippen LogP contribution < -0.4 is 11.1 Å². The minimum atomic E-state index is 0.306. The van der Waals surface area contributed by atoms with Crippen LogP contribution in [-0.2, 0) is 0 Å². The molecular weight excluding hydrogens is 160 g/mol. The minimum Gasteiger partial charge on any atom is -0.324 e. The van der Waals surface area contributed by atoms with Crippen LogP contribution in [0, 0.1) is 5.92 Å². The largest absolute Gasteiger partial charge is 0.324 e. The zero-order valence-corrected chi connectivity index (χ0v) is 8.42. The van der Waals surface area contributed by atoms with Gasteiger partial charge in [0.1, 0.15) is 0 Å². The molecule has 0 aromatic heterocycles. The first-order valence-corrected chi connectivity index (χ1v) is 5.37. The van der Waals surface area contributed by atoms with Gasteiger partial charge in [0.2, 0.25) is 0 Å². The highest BCUT2D eigenvalue weighted by Crippen LogP contribution is 2.31. The van der Waals surface area contributed by atoms with Crippen molar-refractivity contribution in [3.8, 4) is 0 Å². The molecule has 2 unspecified atom stereocenters. The van der Waals surface area contributed by atoms with Crippen molar-refractivity contribution >= 4 is 0 Å². The molecule has 2 aliphatic carbocycles. The smallest absolute Gasteiger partial charge is 0.0229 e. The highest BCUT2D eigenvalue weighted by Gasteiger charge is 2.31. The summed E-state index contributed by atoms with van der Waals surface area (Å²) in [5.74, 6) is 0.674. The number of rotatable bonds is 3. The molecule has 74 valence electrons. The quantitative estimate of drug-likeness (QED) is 0.645. The third-order valence-corrected chi connectivity index (χ3v) is 3.45. The van der Waals surface area contributed by atoms with E-state index in [4.69, 9.17) is 5.73 Å². The van der Waals surface area contributed by atoms with Gasteiger partial charge < -0.3 is 11.1 Å². The third kappa shape index (κ3) is 2.12. The lowest BCUT2D eigenvalue weighted by molar-refractivity contribution is 0.202. The van der Waals surface area contributed by atoms with E-state index in [9.17, 15) is 0 Å². The minimum absolute atomic E-state index is 0.306. The lowest BCUT2D eigenvalue weighted by Gasteiger charge is -2.40. The number of hydrogen-bond donors (Lipinski definition) is 2. The molecule has 2 nitrogen and oxygen atoms in total. The fourth-order valence-electron chi connectivity index (χ4n) is 2.22. The van der Waals surface area contributed by atoms with Crippen molar-refractivity contribution in [3.63, 3.8) is 0 Å². The summed E-state index contributed by atoms with van der Waals surface area (Å²) in [5, 5.41) is 3.65. The first-order valence-electron chi connectivity index (χ1n) is 5.37. The second-order valence-corrected chi connectivity index (χ2v) is 4.84. The summed E-state index contributed by atoms with van der Waals surface area (Å²) in [5.41, 5.74) is 6.24. The zero-order chi connectivity index (χ0) is 9.31. The fourth-order valence-corrected chi connectivity index (χ4v) is 2.22. The molecular formula is C11H20N2. The predicted octanol–water partition coefficient (Wildman–Crippen LogP) is 1.42. The first kappa shape index (κ1) is 9.22. The summed E-state index contributed by atoms with van der Waals surface area (Å²) in [7, 11) is 0. The lowest BCUT2D eigenvalue weighted by Crippen LogP contribution is -2.49. The second kappa shape index (κ2) is 3.43. The van der Waals surface area contributed by atoms with Gasteiger partial charge in [0.25, 0.3) is 0 Å². The molecule has 2 aliphatic rings. The maximum absolute atomic E-state index is 5.80. The molecule has 1 saturated carbocycles. The zero-order valence-electron chi connectivity index (χ0n) is 8.42. The van der Waals surface area contributed by atoms with Crippen LogP contribution in [0.5, 0.6) is 0 Å². The summed E-state index contributed by atoms with van der Waals surface area (Å²) in [4.78, 5) is 0. The number of nitrogens with one attached hydrogen (secondary N) is 1. The Hall–Kier alpha value is -0.340. The fraction of sp³-hybridized carbons (Fsp3) is 0.818. The summed E-state index contributed by atoms with van der Waals surface area (Å²) in [6.45, 7) is 3.44. The summed E-state index contributed by atoms with van der Waals surface area (Å²) in [6, 6.07) is 0.306. The van der Waals surface area contributed by atoms with Crippen molar-refractivity contribution in [1.82, 2.24) is 5.32 Å². The Balaban J connectivity index is 1.71. The highest BCUT2D eigenvalue weighted by atomic mass is 15.0. The molecule has 3 N–H and O–H groups in total. The van der Waals surface area contributed by atoms with Crippen LogP contribution in [-0.4, -0.2) is 18.1 Å². The molecule has 0 amide bonds. The SMILES string of the molecule is CC1(NCC2C=CC(N)C2)CCC1. The van der Waals surface area contributed by atoms with E-state index in [1.807, 2.05) is 0 Å². The molecule has 2 rings (SSSR count). The van der Waals surface area contributed by atoms with E-state index in [2.05, 4.69) is 24.4 Å². The molecule has 2 heteroatoms. The van der Waals surface area contributed by atoms with Crippen LogP contribution in [0.2, 0.25) is 0 Å². The number of nitrogens with two attached hydrogens (primary N) is 1. The summed E-state index contributed by atoms with van der Waals surface area (Å²) in [6.07, 6.45) is 9.60. The van der Waals surface area contributed by atoms with Crippen LogP contribution >= 0.6 is 0 Å². The van der Waals surface area contributed by atoms with Crippen LogP contribution in [0.15, 0.2) is 12.2 Å². The van der Waals surface area contributed by atoms with Gasteiger partial charge in [-0.15, -0.1) is 0 Å². The summed E-state index contributed by atoms with van der Waals surface area (Å²) >= 11 is 0. The monoisotopic (exact) mass is 180 g/mol. The maximum Gasteiger partial charge on any atom is 0.0229 e. The van der Waals surface area contributed by atoms with Gasteiger partial charge in [0.15, 0.2) is 0 Å². The third-order valence-electron chi connectivity index (χ3n) is 3.45. The molecule has 2 atom stereocenters. The number of hydrogen-bond acceptors (Lipinski definition) is 2. The van der Waals surface area contributed by atoms with Crippen molar-refractivity contribution < 1.29 is 0 Å². The molecule has 0 saturated heterocycles. The Bertz CT molecular complexity index is 206. The van der Waals surface area contributed by atoms with E-state index < -0.39 is 0 Å². The molecule has 13 heavy (non-hydrogen) atoms. The molecule has 0 aromatic carbocycles. The van der Waals surface area contributed by atoms with E-state index in [1.54, 1.807) is 0 Å². The Kier molecular flexibility index (Phi) is 2.43. The van der Waals surface area contributed by atoms with E-state index in [0.717, 1.165) is 13.0 Å². The van der Waals surface area contributed by atoms with Gasteiger partial charge in [0, 0.05) is 18.1 Å². The predicted molar refractivity (Wildman–Crippen MR) is 55.5 cm³/mol. The van der Waals surface area contributed by atoms with E-state index in [0.29, 0.717) is 17.5 Å². The van der Waals surface area contributed by atoms with E-state index >= 15 is 0 Å². The van der Waals surface area contributed by atoms with Crippen molar-refractivity contribution in [2.24, 2.45) is 11.7 Å². The van der Waals surface area contributed by atoms with Gasteiger partial charge in [-0.05, 0) is 38.5 Å². The van der Waals surface area contributed by atoms with Gasteiger partial charge in [-0.25, -0.2) is 0 Å². The van der Waals surface area contributed by atoms with Crippen molar-refractivity contribution in [1.29, 1.82) is 0 Å².